The van der Waals surface area contributed by atoms with Gasteiger partial charge in [0.1, 0.15) is 0 Å². The fourth-order valence-electron chi connectivity index (χ4n) is 9.03. The van der Waals surface area contributed by atoms with Crippen LogP contribution in [-0.2, 0) is 18.5 Å². The molecule has 0 aliphatic heterocycles. The number of benzene rings is 7. The van der Waals surface area contributed by atoms with E-state index in [1.807, 2.05) is 90.4 Å². The Morgan fingerprint density at radius 1 is 0.391 bits per heavy atom. The van der Waals surface area contributed by atoms with Crippen molar-refractivity contribution in [2.45, 2.75) is 25.5 Å². The van der Waals surface area contributed by atoms with Gasteiger partial charge in [-0.2, -0.15) is 39.5 Å². The van der Waals surface area contributed by atoms with Crippen LogP contribution in [0.1, 0.15) is 22.3 Å². The Morgan fingerprint density at radius 2 is 0.841 bits per heavy atom. The molecule has 0 amide bonds. The molecule has 0 fully saturated rings. The van der Waals surface area contributed by atoms with Gasteiger partial charge in [-0.3, -0.25) is 4.98 Å². The highest BCUT2D eigenvalue weighted by molar-refractivity contribution is 6.11. The van der Waals surface area contributed by atoms with Crippen LogP contribution in [0.4, 0.5) is 39.5 Å². The van der Waals surface area contributed by atoms with E-state index in [1.165, 1.54) is 18.2 Å². The molecule has 11 aromatic rings. The summed E-state index contributed by atoms with van der Waals surface area (Å²) in [5.41, 5.74) is 2.82. The number of hydrogen-bond acceptors (Lipinski definition) is 4. The van der Waals surface area contributed by atoms with E-state index >= 15 is 0 Å². The van der Waals surface area contributed by atoms with Crippen LogP contribution in [0.3, 0.4) is 0 Å². The molecule has 0 unspecified atom stereocenters. The summed E-state index contributed by atoms with van der Waals surface area (Å²) in [4.78, 5) is 19.4. The molecule has 7 aromatic carbocycles. The Hall–Kier alpha value is -8.33. The van der Waals surface area contributed by atoms with Gasteiger partial charge in [-0.15, -0.1) is 0 Å². The molecule has 340 valence electrons. The minimum Gasteiger partial charge on any atom is -0.309 e. The Labute approximate surface area is 385 Å². The van der Waals surface area contributed by atoms with Crippen LogP contribution in [0.15, 0.2) is 170 Å². The van der Waals surface area contributed by atoms with Crippen molar-refractivity contribution in [2.24, 2.45) is 0 Å². The molecule has 0 radical (unpaired) electrons. The zero-order valence-corrected chi connectivity index (χ0v) is 35.8. The van der Waals surface area contributed by atoms with Gasteiger partial charge in [-0.25, -0.2) is 15.0 Å². The second-order valence-electron chi connectivity index (χ2n) is 16.5. The van der Waals surface area contributed by atoms with E-state index in [1.54, 1.807) is 41.2 Å². The number of nitrogens with zero attached hydrogens (tertiary/aromatic N) is 6. The highest BCUT2D eigenvalue weighted by Gasteiger charge is 2.34. The number of alkyl halides is 9. The molecular weight excluding hydrogens is 904 g/mol. The number of pyridine rings is 1. The third kappa shape index (κ3) is 7.59. The molecule has 0 N–H and O–H groups in total. The van der Waals surface area contributed by atoms with E-state index in [9.17, 15) is 39.5 Å². The van der Waals surface area contributed by atoms with Gasteiger partial charge < -0.3 is 9.13 Å². The lowest BCUT2D eigenvalue weighted by Crippen LogP contribution is -2.05. The van der Waals surface area contributed by atoms with E-state index in [-0.39, 0.29) is 27.6 Å². The highest BCUT2D eigenvalue weighted by Crippen LogP contribution is 2.45. The zero-order chi connectivity index (χ0) is 48.0. The largest absolute Gasteiger partial charge is 0.416 e. The minimum absolute atomic E-state index is 0.0603. The standard InChI is InChI=1S/C54H31F9N6/c1-30-12-18-46-39(24-30)40-25-35(54(61,62)63)15-21-47(40)69(46)48-22-23-64-29-43(48)38-28-36(68-44-19-13-33(52(55,56)57)26-41(44)42-27-34(53(58,59)60)14-20-45(42)68)16-17-37(38)51-66-49(31-8-4-2-5-9-31)65-50(67-51)32-10-6-3-7-11-32/h2-29H,1H3. The van der Waals surface area contributed by atoms with E-state index in [2.05, 4.69) is 4.98 Å². The molecule has 0 aliphatic carbocycles. The van der Waals surface area contributed by atoms with E-state index < -0.39 is 35.2 Å². The molecule has 15 heteroatoms. The SMILES string of the molecule is Cc1ccc2c(c1)c1cc(C(F)(F)F)ccc1n2-c1ccncc1-c1cc(-n2c3ccc(C(F)(F)F)cc3c3cc(C(F)(F)F)ccc32)ccc1-c1nc(-c2ccccc2)nc(-c2ccccc2)n1. The first-order chi connectivity index (χ1) is 33.0. The molecule has 0 spiro atoms. The van der Waals surface area contributed by atoms with Crippen molar-refractivity contribution >= 4 is 43.6 Å². The maximum absolute atomic E-state index is 14.2. The number of aromatic nitrogens is 6. The van der Waals surface area contributed by atoms with Crippen LogP contribution in [0.5, 0.6) is 0 Å². The van der Waals surface area contributed by atoms with Crippen LogP contribution < -0.4 is 0 Å². The first kappa shape index (κ1) is 43.3. The number of halogens is 9. The molecule has 0 saturated carbocycles. The topological polar surface area (TPSA) is 61.4 Å². The number of hydrogen-bond donors (Lipinski definition) is 0. The monoisotopic (exact) mass is 934 g/mol. The Bertz CT molecular complexity index is 3690. The second-order valence-corrected chi connectivity index (χ2v) is 16.5. The fourth-order valence-corrected chi connectivity index (χ4v) is 9.03. The van der Waals surface area contributed by atoms with Gasteiger partial charge >= 0.3 is 18.5 Å². The van der Waals surface area contributed by atoms with Crippen molar-refractivity contribution in [3.63, 3.8) is 0 Å². The average molecular weight is 935 g/mol. The predicted molar refractivity (Wildman–Crippen MR) is 248 cm³/mol. The molecule has 11 rings (SSSR count). The summed E-state index contributed by atoms with van der Waals surface area (Å²) < 4.78 is 131. The van der Waals surface area contributed by atoms with Crippen LogP contribution >= 0.6 is 0 Å². The van der Waals surface area contributed by atoms with Crippen LogP contribution in [0, 0.1) is 6.92 Å². The van der Waals surface area contributed by atoms with Crippen molar-refractivity contribution in [1.29, 1.82) is 0 Å². The molecule has 4 heterocycles. The Balaban J connectivity index is 1.23. The van der Waals surface area contributed by atoms with Gasteiger partial charge in [0.25, 0.3) is 0 Å². The maximum Gasteiger partial charge on any atom is 0.416 e. The van der Waals surface area contributed by atoms with Gasteiger partial charge in [0.15, 0.2) is 17.5 Å². The third-order valence-corrected chi connectivity index (χ3v) is 12.2. The van der Waals surface area contributed by atoms with Crippen molar-refractivity contribution in [3.8, 4) is 56.7 Å². The first-order valence-corrected chi connectivity index (χ1v) is 21.3. The van der Waals surface area contributed by atoms with E-state index in [4.69, 9.17) is 15.0 Å². The van der Waals surface area contributed by atoms with Crippen molar-refractivity contribution in [3.05, 3.63) is 192 Å². The van der Waals surface area contributed by atoms with Gasteiger partial charge in [-0.1, -0.05) is 72.3 Å². The summed E-state index contributed by atoms with van der Waals surface area (Å²) in [6, 6.07) is 40.3. The minimum atomic E-state index is -4.79. The van der Waals surface area contributed by atoms with Gasteiger partial charge in [-0.05, 0) is 103 Å². The smallest absolute Gasteiger partial charge is 0.309 e. The molecule has 69 heavy (non-hydrogen) atoms. The van der Waals surface area contributed by atoms with Crippen LogP contribution in [0.25, 0.3) is 100 Å². The van der Waals surface area contributed by atoms with Crippen molar-refractivity contribution < 1.29 is 39.5 Å². The zero-order valence-electron chi connectivity index (χ0n) is 35.8. The summed E-state index contributed by atoms with van der Waals surface area (Å²) >= 11 is 0. The second kappa shape index (κ2) is 15.9. The summed E-state index contributed by atoms with van der Waals surface area (Å²) in [5, 5.41) is 0.788. The Kier molecular flexibility index (Phi) is 9.96. The quantitative estimate of drug-likeness (QED) is 0.156. The van der Waals surface area contributed by atoms with Crippen molar-refractivity contribution in [1.82, 2.24) is 29.1 Å². The predicted octanol–water partition coefficient (Wildman–Crippen LogP) is 15.5. The fraction of sp³-hybridized carbons (Fsp3) is 0.0741. The third-order valence-electron chi connectivity index (χ3n) is 12.2. The van der Waals surface area contributed by atoms with Crippen molar-refractivity contribution in [2.75, 3.05) is 0 Å². The molecular formula is C54H31F9N6. The maximum atomic E-state index is 14.2. The lowest BCUT2D eigenvalue weighted by atomic mass is 9.97. The Morgan fingerprint density at radius 3 is 1.33 bits per heavy atom. The summed E-state index contributed by atoms with van der Waals surface area (Å²) in [6.07, 6.45) is -11.1. The molecule has 0 bridgehead atoms. The summed E-state index contributed by atoms with van der Waals surface area (Å²) in [5.74, 6) is 0.878. The number of fused-ring (bicyclic) bond motifs is 6. The highest BCUT2D eigenvalue weighted by atomic mass is 19.4. The molecule has 6 nitrogen and oxygen atoms in total. The molecule has 0 atom stereocenters. The van der Waals surface area contributed by atoms with Crippen LogP contribution in [0.2, 0.25) is 0 Å². The van der Waals surface area contributed by atoms with Gasteiger partial charge in [0.05, 0.1) is 44.4 Å². The number of aryl methyl sites for hydroxylation is 1. The molecule has 4 aromatic heterocycles. The molecule has 0 aliphatic rings. The summed E-state index contributed by atoms with van der Waals surface area (Å²) in [7, 11) is 0. The van der Waals surface area contributed by atoms with Crippen LogP contribution in [-0.4, -0.2) is 29.1 Å². The lowest BCUT2D eigenvalue weighted by Gasteiger charge is -2.19. The van der Waals surface area contributed by atoms with Gasteiger partial charge in [0.2, 0.25) is 0 Å². The van der Waals surface area contributed by atoms with Gasteiger partial charge in [0, 0.05) is 61.9 Å². The molecule has 0 saturated heterocycles. The lowest BCUT2D eigenvalue weighted by molar-refractivity contribution is -0.138. The number of rotatable bonds is 6. The average Bonchev–Trinajstić information content (AvgIpc) is 3.84. The first-order valence-electron chi connectivity index (χ1n) is 21.3. The van der Waals surface area contributed by atoms with E-state index in [0.29, 0.717) is 72.6 Å². The van der Waals surface area contributed by atoms with E-state index in [0.717, 1.165) is 42.0 Å². The summed E-state index contributed by atoms with van der Waals surface area (Å²) in [6.45, 7) is 1.84. The normalized spacial score (nSPS) is 12.5.